The molecule has 224 valence electrons. The van der Waals surface area contributed by atoms with Crippen LogP contribution in [0.5, 0.6) is 0 Å². The first kappa shape index (κ1) is 32.5. The Kier molecular flexibility index (Phi) is 8.95. The molecule has 0 nitrogen and oxygen atoms in total. The van der Waals surface area contributed by atoms with E-state index in [9.17, 15) is 0 Å². The second kappa shape index (κ2) is 11.8. The van der Waals surface area contributed by atoms with Crippen molar-refractivity contribution >= 4 is 14.4 Å². The molecule has 0 radical (unpaired) electrons. The summed E-state index contributed by atoms with van der Waals surface area (Å²) in [6.45, 7) is 24.8. The van der Waals surface area contributed by atoms with Gasteiger partial charge in [0.15, 0.2) is 0 Å². The van der Waals surface area contributed by atoms with Crippen molar-refractivity contribution in [3.05, 3.63) is 93.1 Å². The minimum absolute atomic E-state index is 0.0340. The molecule has 0 N–H and O–H groups in total. The van der Waals surface area contributed by atoms with Gasteiger partial charge >= 0.3 is 59.5 Å². The first-order valence-corrected chi connectivity index (χ1v) is 17.8. The van der Waals surface area contributed by atoms with E-state index < -0.39 is 0 Å². The molecule has 0 amide bonds. The molecule has 1 atom stereocenters. The second-order valence-electron chi connectivity index (χ2n) is 15.8. The fourth-order valence-corrected chi connectivity index (χ4v) is 8.77. The van der Waals surface area contributed by atoms with Crippen LogP contribution in [0.15, 0.2) is 47.6 Å². The Morgan fingerprint density at radius 1 is 0.767 bits per heavy atom. The van der Waals surface area contributed by atoms with Crippen LogP contribution in [0.4, 0.5) is 0 Å². The molecular weight excluding hydrogens is 596 g/mol. The van der Waals surface area contributed by atoms with Gasteiger partial charge in [-0.25, -0.2) is 11.1 Å². The van der Waals surface area contributed by atoms with Crippen molar-refractivity contribution in [1.82, 2.24) is 0 Å². The number of benzene rings is 2. The van der Waals surface area contributed by atoms with Gasteiger partial charge in [-0.15, -0.1) is 11.6 Å². The SMILES string of the molecule is CC1=[C-]C(C)(C)c2cc3c(cc21)-c1cc2c(cc1C3)C(C)(C)C=C2C.CC1=[C-]C(C)C=C1C(C)(C)C.[Zr+2]=[C]1CCCCC1. The maximum absolute atomic E-state index is 3.65. The third-order valence-corrected chi connectivity index (χ3v) is 11.2. The summed E-state index contributed by atoms with van der Waals surface area (Å²) in [4.78, 5) is 0. The summed E-state index contributed by atoms with van der Waals surface area (Å²) in [6, 6.07) is 9.81. The van der Waals surface area contributed by atoms with Crippen LogP contribution >= 0.6 is 0 Å². The first-order chi connectivity index (χ1) is 20.0. The Morgan fingerprint density at radius 2 is 1.35 bits per heavy atom. The zero-order valence-electron chi connectivity index (χ0n) is 28.8. The molecule has 0 spiro atoms. The van der Waals surface area contributed by atoms with E-state index in [2.05, 4.69) is 125 Å². The molecule has 2 aromatic carbocycles. The Labute approximate surface area is 278 Å². The number of hydrogen-bond acceptors (Lipinski definition) is 0. The fraction of sp³-hybridized carbons (Fsp3) is 0.500. The predicted molar refractivity (Wildman–Crippen MR) is 184 cm³/mol. The van der Waals surface area contributed by atoms with Crippen molar-refractivity contribution in [1.29, 1.82) is 0 Å². The van der Waals surface area contributed by atoms with Crippen LogP contribution in [0, 0.1) is 23.5 Å². The van der Waals surface area contributed by atoms with E-state index in [1.54, 1.807) is 27.4 Å². The van der Waals surface area contributed by atoms with Crippen molar-refractivity contribution in [2.45, 2.75) is 126 Å². The molecule has 0 bridgehead atoms. The van der Waals surface area contributed by atoms with Gasteiger partial charge in [0, 0.05) is 5.41 Å². The quantitative estimate of drug-likeness (QED) is 0.213. The molecular formula is C42H52Zr. The molecule has 5 aliphatic rings. The van der Waals surface area contributed by atoms with Crippen molar-refractivity contribution in [2.75, 3.05) is 0 Å². The molecule has 0 aromatic heterocycles. The van der Waals surface area contributed by atoms with Gasteiger partial charge in [-0.2, -0.15) is 17.2 Å². The van der Waals surface area contributed by atoms with Crippen LogP contribution < -0.4 is 0 Å². The summed E-state index contributed by atoms with van der Waals surface area (Å²) < 4.78 is 1.80. The van der Waals surface area contributed by atoms with Crippen LogP contribution in [-0.2, 0) is 41.5 Å². The number of fused-ring (bicyclic) bond motifs is 5. The average Bonchev–Trinajstić information content (AvgIpc) is 3.57. The number of allylic oxidation sites excluding steroid dienone is 8. The Hall–Kier alpha value is -1.85. The van der Waals surface area contributed by atoms with Crippen LogP contribution in [0.25, 0.3) is 22.3 Å². The molecule has 0 aliphatic heterocycles. The van der Waals surface area contributed by atoms with Gasteiger partial charge < -0.3 is 0 Å². The summed E-state index contributed by atoms with van der Waals surface area (Å²) in [5.41, 5.74) is 17.6. The Morgan fingerprint density at radius 3 is 1.84 bits per heavy atom. The van der Waals surface area contributed by atoms with E-state index in [0.29, 0.717) is 11.3 Å². The topological polar surface area (TPSA) is 0 Å². The molecule has 1 fully saturated rings. The molecule has 0 saturated heterocycles. The van der Waals surface area contributed by atoms with Crippen molar-refractivity contribution in [3.8, 4) is 11.1 Å². The molecule has 1 unspecified atom stereocenters. The predicted octanol–water partition coefficient (Wildman–Crippen LogP) is 11.5. The molecule has 1 heteroatoms. The van der Waals surface area contributed by atoms with Crippen LogP contribution in [0.3, 0.4) is 0 Å². The van der Waals surface area contributed by atoms with Crippen LogP contribution in [-0.4, -0.2) is 3.21 Å². The Bertz CT molecular complexity index is 1500. The van der Waals surface area contributed by atoms with E-state index in [4.69, 9.17) is 0 Å². The minimum atomic E-state index is 0.0340. The summed E-state index contributed by atoms with van der Waals surface area (Å²) in [5, 5.41) is 0. The molecule has 7 rings (SSSR count). The molecule has 2 aromatic rings. The van der Waals surface area contributed by atoms with E-state index >= 15 is 0 Å². The fourth-order valence-electron chi connectivity index (χ4n) is 7.90. The third kappa shape index (κ3) is 6.59. The van der Waals surface area contributed by atoms with Gasteiger partial charge in [0.2, 0.25) is 0 Å². The summed E-state index contributed by atoms with van der Waals surface area (Å²) in [7, 11) is 0. The number of hydrogen-bond donors (Lipinski definition) is 0. The zero-order chi connectivity index (χ0) is 31.5. The standard InChI is InChI=1S/C25H25.C11H17.C6H10.Zr/c1-14-12-24(3,4)22-8-16-7-17-9-23-19(15(2)13-25(23,5)6)11-21(17)20(16)10-18(14)22;1-8-6-9(2)10(7-8)11(3,4)5;1-2-4-6-5-3-1;/h8-12H,7H2,1-6H3;7-8H,1-5H3;1-5H2;/q2*-1;;+2. The van der Waals surface area contributed by atoms with Crippen molar-refractivity contribution < 1.29 is 24.2 Å². The van der Waals surface area contributed by atoms with Gasteiger partial charge in [-0.05, 0) is 58.4 Å². The van der Waals surface area contributed by atoms with E-state index in [1.165, 1.54) is 98.9 Å². The van der Waals surface area contributed by atoms with Crippen LogP contribution in [0.2, 0.25) is 0 Å². The molecule has 5 aliphatic carbocycles. The van der Waals surface area contributed by atoms with Crippen molar-refractivity contribution in [2.24, 2.45) is 11.3 Å². The Balaban J connectivity index is 0.000000168. The van der Waals surface area contributed by atoms with E-state index in [-0.39, 0.29) is 10.8 Å². The summed E-state index contributed by atoms with van der Waals surface area (Å²) in [5.74, 6) is 0.518. The summed E-state index contributed by atoms with van der Waals surface area (Å²) >= 11 is 1.69. The van der Waals surface area contributed by atoms with Gasteiger partial charge in [-0.1, -0.05) is 104 Å². The van der Waals surface area contributed by atoms with Crippen molar-refractivity contribution in [3.63, 3.8) is 0 Å². The average molecular weight is 648 g/mol. The molecule has 0 heterocycles. The first-order valence-electron chi connectivity index (χ1n) is 16.5. The molecule has 43 heavy (non-hydrogen) atoms. The summed E-state index contributed by atoms with van der Waals surface area (Å²) in [6.07, 6.45) is 20.2. The van der Waals surface area contributed by atoms with E-state index in [1.807, 2.05) is 0 Å². The van der Waals surface area contributed by atoms with Gasteiger partial charge in [-0.3, -0.25) is 12.2 Å². The monoisotopic (exact) mass is 646 g/mol. The third-order valence-electron chi connectivity index (χ3n) is 9.96. The van der Waals surface area contributed by atoms with E-state index in [0.717, 1.165) is 6.42 Å². The van der Waals surface area contributed by atoms with Crippen LogP contribution in [0.1, 0.15) is 142 Å². The zero-order valence-corrected chi connectivity index (χ0v) is 31.2. The van der Waals surface area contributed by atoms with Gasteiger partial charge in [0.05, 0.1) is 0 Å². The maximum atomic E-state index is 3.65. The van der Waals surface area contributed by atoms with Gasteiger partial charge in [0.1, 0.15) is 0 Å². The normalized spacial score (nSPS) is 22.1. The van der Waals surface area contributed by atoms with Gasteiger partial charge in [0.25, 0.3) is 0 Å². The number of rotatable bonds is 0. The molecule has 1 saturated carbocycles. The second-order valence-corrected chi connectivity index (χ2v) is 17.5.